The van der Waals surface area contributed by atoms with Crippen LogP contribution in [-0.4, -0.2) is 69.5 Å². The van der Waals surface area contributed by atoms with Gasteiger partial charge in [-0.05, 0) is 83.5 Å². The van der Waals surface area contributed by atoms with Gasteiger partial charge < -0.3 is 30.7 Å². The Morgan fingerprint density at radius 2 is 1.00 bits per heavy atom. The molecule has 0 radical (unpaired) electrons. The Kier molecular flexibility index (Phi) is 10.0. The van der Waals surface area contributed by atoms with Gasteiger partial charge in [0.1, 0.15) is 0 Å². The van der Waals surface area contributed by atoms with Gasteiger partial charge in [-0.15, -0.1) is 0 Å². The van der Waals surface area contributed by atoms with E-state index in [2.05, 4.69) is 10.6 Å². The summed E-state index contributed by atoms with van der Waals surface area (Å²) in [5, 5.41) is 35.0. The summed E-state index contributed by atoms with van der Waals surface area (Å²) < 4.78 is 6.37. The maximum absolute atomic E-state index is 12.8. The summed E-state index contributed by atoms with van der Waals surface area (Å²) >= 11 is 0. The molecule has 0 aromatic heterocycles. The van der Waals surface area contributed by atoms with E-state index in [-0.39, 0.29) is 42.5 Å². The molecule has 5 atom stereocenters. The second-order valence-corrected chi connectivity index (χ2v) is 12.0. The van der Waals surface area contributed by atoms with E-state index in [4.69, 9.17) is 4.74 Å². The molecule has 4 aliphatic carbocycles. The number of hydrogen-bond acceptors (Lipinski definition) is 6. The van der Waals surface area contributed by atoms with E-state index in [0.717, 1.165) is 64.2 Å². The van der Waals surface area contributed by atoms with Crippen molar-refractivity contribution in [3.05, 3.63) is 0 Å². The van der Waals surface area contributed by atoms with Crippen molar-refractivity contribution >= 4 is 23.8 Å². The average molecular weight is 537 g/mol. The van der Waals surface area contributed by atoms with Gasteiger partial charge in [0.25, 0.3) is 0 Å². The topological polar surface area (TPSA) is 162 Å². The van der Waals surface area contributed by atoms with Crippen LogP contribution in [0.25, 0.3) is 0 Å². The summed E-state index contributed by atoms with van der Waals surface area (Å²) in [7, 11) is 0. The number of carbonyl (C=O) groups is 4. The van der Waals surface area contributed by atoms with E-state index in [1.807, 2.05) is 0 Å². The largest absolute Gasteiger partial charge is 0.481 e. The number of carboxylic acid groups (broad SMARTS) is 2. The van der Waals surface area contributed by atoms with Crippen LogP contribution in [0.4, 0.5) is 0 Å². The first-order valence-electron chi connectivity index (χ1n) is 14.6. The molecule has 38 heavy (non-hydrogen) atoms. The van der Waals surface area contributed by atoms with E-state index in [1.165, 1.54) is 0 Å². The Hall–Kier alpha value is -2.20. The number of hydrogen-bond donors (Lipinski definition) is 5. The number of rotatable bonds is 8. The molecule has 10 nitrogen and oxygen atoms in total. The zero-order valence-corrected chi connectivity index (χ0v) is 22.2. The second kappa shape index (κ2) is 13.2. The van der Waals surface area contributed by atoms with Crippen LogP contribution in [0, 0.1) is 23.7 Å². The third kappa shape index (κ3) is 7.46. The summed E-state index contributed by atoms with van der Waals surface area (Å²) in [5.41, 5.74) is 0. The molecule has 0 aliphatic heterocycles. The fourth-order valence-electron chi connectivity index (χ4n) is 7.05. The summed E-state index contributed by atoms with van der Waals surface area (Å²) in [6, 6.07) is 0.0637. The Bertz CT molecular complexity index is 850. The van der Waals surface area contributed by atoms with Crippen molar-refractivity contribution in [3.63, 3.8) is 0 Å². The molecule has 0 saturated heterocycles. The number of ether oxygens (including phenoxy) is 1. The van der Waals surface area contributed by atoms with Crippen LogP contribution < -0.4 is 10.6 Å². The highest BCUT2D eigenvalue weighted by Gasteiger charge is 2.40. The fourth-order valence-corrected chi connectivity index (χ4v) is 7.05. The molecule has 2 amide bonds. The maximum atomic E-state index is 12.8. The van der Waals surface area contributed by atoms with Gasteiger partial charge in [0.05, 0.1) is 42.0 Å². The lowest BCUT2D eigenvalue weighted by molar-refractivity contribution is -0.151. The lowest BCUT2D eigenvalue weighted by Gasteiger charge is -2.36. The molecule has 10 heteroatoms. The summed E-state index contributed by atoms with van der Waals surface area (Å²) in [5.74, 6) is -4.63. The number of aliphatic hydroxyl groups is 1. The van der Waals surface area contributed by atoms with Crippen LogP contribution in [-0.2, 0) is 23.9 Å². The minimum absolute atomic E-state index is 0.00349. The highest BCUT2D eigenvalue weighted by Crippen LogP contribution is 2.33. The van der Waals surface area contributed by atoms with Gasteiger partial charge in [0.15, 0.2) is 0 Å². The number of amides is 2. The third-order valence-corrected chi connectivity index (χ3v) is 9.32. The zero-order valence-electron chi connectivity index (χ0n) is 22.2. The summed E-state index contributed by atoms with van der Waals surface area (Å²) in [6.45, 7) is 0. The first kappa shape index (κ1) is 28.8. The first-order valence-corrected chi connectivity index (χ1v) is 14.6. The molecule has 4 saturated carbocycles. The third-order valence-electron chi connectivity index (χ3n) is 9.32. The van der Waals surface area contributed by atoms with Crippen molar-refractivity contribution in [3.8, 4) is 0 Å². The predicted molar refractivity (Wildman–Crippen MR) is 137 cm³/mol. The average Bonchev–Trinajstić information content (AvgIpc) is 2.90. The van der Waals surface area contributed by atoms with E-state index < -0.39 is 41.7 Å². The Morgan fingerprint density at radius 1 is 0.553 bits per heavy atom. The maximum Gasteiger partial charge on any atom is 0.307 e. The standard InChI is InChI=1S/C28H44N2O8/c31-18-9-14-23(28(36)37)24(15-18)26(33)30-17-7-12-20(13-8-17)38-19-10-5-16(6-11-19)29-25(32)21-3-1-2-4-22(21)27(34)35/h16-24,31H,1-15H2,(H,29,32)(H,30,33)(H,34,35)(H,36,37). The fraction of sp³-hybridized carbons (Fsp3) is 0.857. The monoisotopic (exact) mass is 536 g/mol. The lowest BCUT2D eigenvalue weighted by Crippen LogP contribution is -2.47. The Morgan fingerprint density at radius 3 is 1.50 bits per heavy atom. The second-order valence-electron chi connectivity index (χ2n) is 12.0. The normalized spacial score (nSPS) is 38.1. The molecule has 0 aromatic carbocycles. The van der Waals surface area contributed by atoms with Gasteiger partial charge in [0, 0.05) is 12.1 Å². The van der Waals surface area contributed by atoms with Crippen LogP contribution in [0.2, 0.25) is 0 Å². The van der Waals surface area contributed by atoms with Gasteiger partial charge in [-0.2, -0.15) is 0 Å². The van der Waals surface area contributed by atoms with Crippen molar-refractivity contribution in [2.75, 3.05) is 0 Å². The number of nitrogens with one attached hydrogen (secondary N) is 2. The summed E-state index contributed by atoms with van der Waals surface area (Å²) in [4.78, 5) is 48.7. The SMILES string of the molecule is O=C(O)C1CCCCC1C(=O)NC1CCC(OC2CCC(NC(=O)C3CC(O)CCC3C(=O)O)CC2)CC1. The number of aliphatic carboxylic acids is 2. The van der Waals surface area contributed by atoms with E-state index in [9.17, 15) is 34.5 Å². The van der Waals surface area contributed by atoms with Crippen molar-refractivity contribution in [2.24, 2.45) is 23.7 Å². The molecule has 4 fully saturated rings. The molecule has 0 aromatic rings. The van der Waals surface area contributed by atoms with Gasteiger partial charge in [-0.25, -0.2) is 0 Å². The smallest absolute Gasteiger partial charge is 0.307 e. The van der Waals surface area contributed by atoms with E-state index in [1.54, 1.807) is 0 Å². The number of carbonyl (C=O) groups excluding carboxylic acids is 2. The molecule has 5 N–H and O–H groups in total. The van der Waals surface area contributed by atoms with Crippen LogP contribution in [0.3, 0.4) is 0 Å². The van der Waals surface area contributed by atoms with Crippen molar-refractivity contribution in [1.29, 1.82) is 0 Å². The van der Waals surface area contributed by atoms with Crippen LogP contribution in [0.1, 0.15) is 96.3 Å². The zero-order chi connectivity index (χ0) is 27.2. The molecule has 214 valence electrons. The van der Waals surface area contributed by atoms with Gasteiger partial charge in [-0.3, -0.25) is 19.2 Å². The van der Waals surface area contributed by atoms with Crippen molar-refractivity contribution < 1.29 is 39.2 Å². The van der Waals surface area contributed by atoms with Gasteiger partial charge in [0.2, 0.25) is 11.8 Å². The molecule has 0 heterocycles. The van der Waals surface area contributed by atoms with E-state index in [0.29, 0.717) is 25.7 Å². The predicted octanol–water partition coefficient (Wildman–Crippen LogP) is 2.61. The molecule has 5 unspecified atom stereocenters. The quantitative estimate of drug-likeness (QED) is 0.316. The van der Waals surface area contributed by atoms with Crippen LogP contribution >= 0.6 is 0 Å². The Balaban J connectivity index is 1.15. The minimum atomic E-state index is -0.970. The number of aliphatic hydroxyl groups excluding tert-OH is 1. The van der Waals surface area contributed by atoms with E-state index >= 15 is 0 Å². The van der Waals surface area contributed by atoms with Gasteiger partial charge in [-0.1, -0.05) is 12.8 Å². The van der Waals surface area contributed by atoms with Crippen LogP contribution in [0.5, 0.6) is 0 Å². The molecular formula is C28H44N2O8. The molecule has 0 bridgehead atoms. The summed E-state index contributed by atoms with van der Waals surface area (Å²) in [6.07, 6.45) is 10.2. The number of carboxylic acids is 2. The Labute approximate surface area is 224 Å². The van der Waals surface area contributed by atoms with Gasteiger partial charge >= 0.3 is 11.9 Å². The molecule has 4 rings (SSSR count). The van der Waals surface area contributed by atoms with Crippen LogP contribution in [0.15, 0.2) is 0 Å². The highest BCUT2D eigenvalue weighted by atomic mass is 16.5. The first-order chi connectivity index (χ1) is 18.2. The molecular weight excluding hydrogens is 492 g/mol. The lowest BCUT2D eigenvalue weighted by atomic mass is 9.77. The van der Waals surface area contributed by atoms with Crippen molar-refractivity contribution in [1.82, 2.24) is 10.6 Å². The highest BCUT2D eigenvalue weighted by molar-refractivity contribution is 5.85. The minimum Gasteiger partial charge on any atom is -0.481 e. The molecule has 0 spiro atoms. The molecule has 4 aliphatic rings. The van der Waals surface area contributed by atoms with Crippen molar-refractivity contribution in [2.45, 2.75) is 127 Å².